The van der Waals surface area contributed by atoms with Gasteiger partial charge in [0.2, 0.25) is 0 Å². The molecule has 0 saturated carbocycles. The van der Waals surface area contributed by atoms with Crippen molar-refractivity contribution in [3.8, 4) is 11.1 Å². The van der Waals surface area contributed by atoms with Gasteiger partial charge in [0.25, 0.3) is 0 Å². The van der Waals surface area contributed by atoms with Gasteiger partial charge in [-0.3, -0.25) is 0 Å². The molecular weight excluding hydrogens is 498 g/mol. The van der Waals surface area contributed by atoms with Gasteiger partial charge in [0, 0.05) is 0 Å². The van der Waals surface area contributed by atoms with Crippen molar-refractivity contribution in [1.82, 2.24) is 0 Å². The monoisotopic (exact) mass is 533 g/mol. The van der Waals surface area contributed by atoms with Crippen LogP contribution in [0.3, 0.4) is 0 Å². The van der Waals surface area contributed by atoms with E-state index in [4.69, 9.17) is 17.0 Å². The maximum atomic E-state index is 4.93. The molecule has 0 amide bonds. The van der Waals surface area contributed by atoms with Crippen molar-refractivity contribution in [3.05, 3.63) is 64.7 Å². The van der Waals surface area contributed by atoms with Gasteiger partial charge >= 0.3 is 37.9 Å². The Balaban J connectivity index is 0.00000107. The van der Waals surface area contributed by atoms with Gasteiger partial charge in [-0.25, -0.2) is 0 Å². The summed E-state index contributed by atoms with van der Waals surface area (Å²) in [6.07, 6.45) is 3.50. The Morgan fingerprint density at radius 3 is 1.94 bits per heavy atom. The average Bonchev–Trinajstić information content (AvgIpc) is 3.17. The van der Waals surface area contributed by atoms with Crippen molar-refractivity contribution < 1.29 is 20.8 Å². The average molecular weight is 536 g/mol. The zero-order chi connectivity index (χ0) is 23.1. The fourth-order valence-corrected chi connectivity index (χ4v) is 4.18. The van der Waals surface area contributed by atoms with E-state index in [-0.39, 0.29) is 0 Å². The molecule has 1 atom stereocenters. The first-order valence-corrected chi connectivity index (χ1v) is 17.9. The predicted molar refractivity (Wildman–Crippen MR) is 138 cm³/mol. The quantitative estimate of drug-likeness (QED) is 0.264. The van der Waals surface area contributed by atoms with Crippen LogP contribution in [0.4, 0.5) is 0 Å². The molecule has 0 aliphatic rings. The summed E-state index contributed by atoms with van der Waals surface area (Å²) < 4.78 is 0. The number of aryl methyl sites for hydroxylation is 1. The second kappa shape index (κ2) is 12.7. The molecule has 0 nitrogen and oxygen atoms in total. The first-order chi connectivity index (χ1) is 14.8. The number of hydrogen-bond donors (Lipinski definition) is 0. The van der Waals surface area contributed by atoms with E-state index in [1.54, 1.807) is 0 Å². The van der Waals surface area contributed by atoms with Gasteiger partial charge in [0.15, 0.2) is 0 Å². The fraction of sp³-hybridized carbons (Fsp3) is 0.464. The summed E-state index contributed by atoms with van der Waals surface area (Å²) in [6.45, 7) is 16.1. The molecule has 168 valence electrons. The maximum absolute atomic E-state index is 4.93. The van der Waals surface area contributed by atoms with Gasteiger partial charge in [0.05, 0.1) is 0 Å². The van der Waals surface area contributed by atoms with E-state index in [1.807, 2.05) is 0 Å². The molecule has 0 saturated heterocycles. The summed E-state index contributed by atoms with van der Waals surface area (Å²) in [6, 6.07) is 16.9. The third kappa shape index (κ3) is 6.75. The van der Waals surface area contributed by atoms with Crippen molar-refractivity contribution in [1.29, 1.82) is 0 Å². The summed E-state index contributed by atoms with van der Waals surface area (Å²) in [5, 5.41) is 2.84. The fourth-order valence-electron chi connectivity index (χ4n) is 4.18. The third-order valence-corrected chi connectivity index (χ3v) is 6.30. The van der Waals surface area contributed by atoms with Crippen LogP contribution in [0.5, 0.6) is 0 Å². The molecule has 0 radical (unpaired) electrons. The molecule has 0 N–H and O–H groups in total. The van der Waals surface area contributed by atoms with E-state index in [0.717, 1.165) is 6.42 Å². The van der Waals surface area contributed by atoms with Gasteiger partial charge in [-0.2, -0.15) is 6.07 Å². The van der Waals surface area contributed by atoms with Crippen molar-refractivity contribution in [3.63, 3.8) is 0 Å². The molecule has 0 heterocycles. The molecule has 3 aromatic carbocycles. The Morgan fingerprint density at radius 2 is 1.45 bits per heavy atom. The van der Waals surface area contributed by atoms with E-state index in [2.05, 4.69) is 90.9 Å². The van der Waals surface area contributed by atoms with Crippen LogP contribution in [-0.2, 0) is 27.3 Å². The molecule has 0 aliphatic heterocycles. The van der Waals surface area contributed by atoms with Crippen LogP contribution in [0.2, 0.25) is 0 Å². The molecule has 3 rings (SSSR count). The van der Waals surface area contributed by atoms with Gasteiger partial charge in [0.1, 0.15) is 0 Å². The standard InChI is InChI=1S/C28H37.2ClH.Zr/c1-8-10-21-11-12-22-13-25(20(7)9-2)17-27(22)28(21)26-15-23(18(3)4)14-24(16-26)19(5)6;;;/h11-20H,8-10H2,1-7H3;2*1H;/q-1;;;+2/p-2. The molecule has 0 spiro atoms. The topological polar surface area (TPSA) is 0 Å². The van der Waals surface area contributed by atoms with E-state index in [9.17, 15) is 0 Å². The zero-order valence-corrected chi connectivity index (χ0v) is 24.1. The number of benzene rings is 2. The SMILES string of the molecule is CCCc1ccc2[cH-]c(C(C)CC)cc2c1-c1cc(C(C)C)cc(C(C)C)c1.[Cl][Zr][Cl]. The molecule has 0 fully saturated rings. The van der Waals surface area contributed by atoms with Crippen molar-refractivity contribution in [2.75, 3.05) is 0 Å². The molecule has 31 heavy (non-hydrogen) atoms. The Bertz CT molecular complexity index is 942. The number of halogens is 2. The van der Waals surface area contributed by atoms with Gasteiger partial charge in [-0.1, -0.05) is 90.6 Å². The minimum absolute atomic E-state index is 0.543. The van der Waals surface area contributed by atoms with Crippen LogP contribution in [0, 0.1) is 0 Å². The zero-order valence-electron chi connectivity index (χ0n) is 20.2. The Labute approximate surface area is 208 Å². The van der Waals surface area contributed by atoms with Gasteiger partial charge in [-0.15, -0.1) is 34.5 Å². The van der Waals surface area contributed by atoms with E-state index < -0.39 is 20.8 Å². The number of hydrogen-bond acceptors (Lipinski definition) is 0. The minimum atomic E-state index is -0.826. The second-order valence-corrected chi connectivity index (χ2v) is 13.0. The number of fused-ring (bicyclic) bond motifs is 1. The Morgan fingerprint density at radius 1 is 0.871 bits per heavy atom. The second-order valence-electron chi connectivity index (χ2n) is 9.22. The number of rotatable bonds is 7. The summed E-state index contributed by atoms with van der Waals surface area (Å²) in [5.41, 5.74) is 8.76. The summed E-state index contributed by atoms with van der Waals surface area (Å²) >= 11 is -0.826. The van der Waals surface area contributed by atoms with Crippen LogP contribution in [0.25, 0.3) is 21.9 Å². The van der Waals surface area contributed by atoms with Crippen LogP contribution in [-0.4, -0.2) is 0 Å². The summed E-state index contributed by atoms with van der Waals surface area (Å²) in [5.74, 6) is 1.70. The van der Waals surface area contributed by atoms with E-state index in [1.165, 1.54) is 57.0 Å². The van der Waals surface area contributed by atoms with Crippen molar-refractivity contribution in [2.24, 2.45) is 0 Å². The summed E-state index contributed by atoms with van der Waals surface area (Å²) in [7, 11) is 9.87. The molecule has 0 aromatic heterocycles. The molecular formula is C28H37Cl2Zr-. The van der Waals surface area contributed by atoms with E-state index in [0.29, 0.717) is 17.8 Å². The normalized spacial score (nSPS) is 12.2. The van der Waals surface area contributed by atoms with Crippen LogP contribution < -0.4 is 0 Å². The van der Waals surface area contributed by atoms with Gasteiger partial charge in [-0.05, 0) is 40.9 Å². The molecule has 0 aliphatic carbocycles. The Hall–Kier alpha value is -0.487. The third-order valence-electron chi connectivity index (χ3n) is 6.30. The first-order valence-electron chi connectivity index (χ1n) is 11.6. The first kappa shape index (κ1) is 26.8. The Kier molecular flexibility index (Phi) is 10.9. The molecule has 3 heteroatoms. The van der Waals surface area contributed by atoms with Crippen LogP contribution in [0.1, 0.15) is 101 Å². The molecule has 3 aromatic rings. The van der Waals surface area contributed by atoms with E-state index >= 15 is 0 Å². The van der Waals surface area contributed by atoms with Crippen molar-refractivity contribution >= 4 is 27.8 Å². The molecule has 0 bridgehead atoms. The molecule has 1 unspecified atom stereocenters. The summed E-state index contributed by atoms with van der Waals surface area (Å²) in [4.78, 5) is 0. The predicted octanol–water partition coefficient (Wildman–Crippen LogP) is 10.3. The van der Waals surface area contributed by atoms with Crippen molar-refractivity contribution in [2.45, 2.75) is 85.5 Å². The van der Waals surface area contributed by atoms with Crippen LogP contribution in [0.15, 0.2) is 42.5 Å². The van der Waals surface area contributed by atoms with Crippen LogP contribution >= 0.6 is 17.0 Å². The van der Waals surface area contributed by atoms with Gasteiger partial charge < -0.3 is 0 Å².